The fourth-order valence-electron chi connectivity index (χ4n) is 2.78. The molecule has 0 aromatic heterocycles. The van der Waals surface area contributed by atoms with E-state index in [1.807, 2.05) is 18.7 Å². The summed E-state index contributed by atoms with van der Waals surface area (Å²) >= 11 is 0. The molecule has 2 N–H and O–H groups in total. The Labute approximate surface area is 157 Å². The van der Waals surface area contributed by atoms with Crippen LogP contribution in [0.4, 0.5) is 11.4 Å². The first-order valence-corrected chi connectivity index (χ1v) is 8.58. The SMILES string of the molecule is CCN(CC)c1ccc([N+](=O)[O-])cc1C(=O)NCc1ccc(OC)c(O)c1. The minimum absolute atomic E-state index is 0.0246. The molecule has 8 nitrogen and oxygen atoms in total. The number of rotatable bonds is 8. The van der Waals surface area contributed by atoms with Crippen molar-refractivity contribution in [3.63, 3.8) is 0 Å². The number of amides is 1. The van der Waals surface area contributed by atoms with E-state index in [2.05, 4.69) is 5.32 Å². The Bertz CT molecular complexity index is 834. The van der Waals surface area contributed by atoms with Gasteiger partial charge in [0.15, 0.2) is 11.5 Å². The van der Waals surface area contributed by atoms with Crippen LogP contribution in [0.3, 0.4) is 0 Å². The second-order valence-electron chi connectivity index (χ2n) is 5.82. The molecule has 0 spiro atoms. The molecular formula is C19H23N3O5. The van der Waals surface area contributed by atoms with Gasteiger partial charge in [0.25, 0.3) is 11.6 Å². The number of benzene rings is 2. The third kappa shape index (κ3) is 4.66. The molecule has 0 aliphatic carbocycles. The zero-order valence-corrected chi connectivity index (χ0v) is 15.6. The monoisotopic (exact) mass is 373 g/mol. The third-order valence-electron chi connectivity index (χ3n) is 4.24. The van der Waals surface area contributed by atoms with Crippen LogP contribution in [-0.2, 0) is 6.54 Å². The molecule has 144 valence electrons. The van der Waals surface area contributed by atoms with E-state index in [9.17, 15) is 20.0 Å². The van der Waals surface area contributed by atoms with E-state index in [0.29, 0.717) is 30.1 Å². The number of non-ortho nitro benzene ring substituents is 1. The van der Waals surface area contributed by atoms with Gasteiger partial charge in [-0.1, -0.05) is 6.07 Å². The van der Waals surface area contributed by atoms with Crippen LogP contribution in [-0.4, -0.2) is 36.1 Å². The number of ether oxygens (including phenoxy) is 1. The maximum atomic E-state index is 12.7. The number of phenols is 1. The molecule has 0 saturated carbocycles. The first kappa shape index (κ1) is 20.0. The van der Waals surface area contributed by atoms with Crippen LogP contribution in [0, 0.1) is 10.1 Å². The van der Waals surface area contributed by atoms with E-state index in [-0.39, 0.29) is 23.5 Å². The van der Waals surface area contributed by atoms with Gasteiger partial charge in [-0.3, -0.25) is 14.9 Å². The number of aromatic hydroxyl groups is 1. The Morgan fingerprint density at radius 3 is 2.48 bits per heavy atom. The molecule has 0 unspecified atom stereocenters. The number of nitrogens with zero attached hydrogens (tertiary/aromatic N) is 2. The molecule has 0 bridgehead atoms. The molecule has 0 aliphatic heterocycles. The number of nitro benzene ring substituents is 1. The van der Waals surface area contributed by atoms with Crippen LogP contribution in [0.15, 0.2) is 36.4 Å². The topological polar surface area (TPSA) is 105 Å². The Balaban J connectivity index is 2.26. The van der Waals surface area contributed by atoms with Crippen molar-refractivity contribution < 1.29 is 19.6 Å². The zero-order chi connectivity index (χ0) is 20.0. The summed E-state index contributed by atoms with van der Waals surface area (Å²) in [6, 6.07) is 9.10. The van der Waals surface area contributed by atoms with Crippen molar-refractivity contribution in [2.24, 2.45) is 0 Å². The number of hydrogen-bond donors (Lipinski definition) is 2. The standard InChI is InChI=1S/C19H23N3O5/c1-4-21(5-2)16-8-7-14(22(25)26)11-15(16)19(24)20-12-13-6-9-18(27-3)17(23)10-13/h6-11,23H,4-5,12H2,1-3H3,(H,20,24). The van der Waals surface area contributed by atoms with Gasteiger partial charge in [0.05, 0.1) is 17.6 Å². The molecule has 2 rings (SSSR count). The second-order valence-corrected chi connectivity index (χ2v) is 5.82. The fraction of sp³-hybridized carbons (Fsp3) is 0.316. The highest BCUT2D eigenvalue weighted by Crippen LogP contribution is 2.27. The molecule has 8 heteroatoms. The van der Waals surface area contributed by atoms with Crippen molar-refractivity contribution in [1.82, 2.24) is 5.32 Å². The number of carbonyl (C=O) groups excluding carboxylic acids is 1. The van der Waals surface area contributed by atoms with Gasteiger partial charge in [0.1, 0.15) is 0 Å². The van der Waals surface area contributed by atoms with Gasteiger partial charge in [0.2, 0.25) is 0 Å². The zero-order valence-electron chi connectivity index (χ0n) is 15.6. The quantitative estimate of drug-likeness (QED) is 0.544. The van der Waals surface area contributed by atoms with Crippen LogP contribution in [0.1, 0.15) is 29.8 Å². The summed E-state index contributed by atoms with van der Waals surface area (Å²) < 4.78 is 4.99. The van der Waals surface area contributed by atoms with Crippen LogP contribution in [0.25, 0.3) is 0 Å². The number of carbonyl (C=O) groups is 1. The van der Waals surface area contributed by atoms with Crippen molar-refractivity contribution >= 4 is 17.3 Å². The second kappa shape index (κ2) is 8.88. The summed E-state index contributed by atoms with van der Waals surface area (Å²) in [5.74, 6) is -0.105. The highest BCUT2D eigenvalue weighted by Gasteiger charge is 2.19. The van der Waals surface area contributed by atoms with Crippen molar-refractivity contribution in [3.05, 3.63) is 57.6 Å². The maximum absolute atomic E-state index is 12.7. The van der Waals surface area contributed by atoms with E-state index in [4.69, 9.17) is 4.74 Å². The Morgan fingerprint density at radius 1 is 1.22 bits per heavy atom. The summed E-state index contributed by atoms with van der Waals surface area (Å²) in [6.07, 6.45) is 0. The Morgan fingerprint density at radius 2 is 1.93 bits per heavy atom. The first-order valence-electron chi connectivity index (χ1n) is 8.58. The molecular weight excluding hydrogens is 350 g/mol. The van der Waals surface area contributed by atoms with E-state index >= 15 is 0 Å². The highest BCUT2D eigenvalue weighted by atomic mass is 16.6. The number of hydrogen-bond acceptors (Lipinski definition) is 6. The van der Waals surface area contributed by atoms with Gasteiger partial charge in [0, 0.05) is 37.5 Å². The van der Waals surface area contributed by atoms with Crippen LogP contribution in [0.2, 0.25) is 0 Å². The largest absolute Gasteiger partial charge is 0.504 e. The van der Waals surface area contributed by atoms with Crippen LogP contribution >= 0.6 is 0 Å². The third-order valence-corrected chi connectivity index (χ3v) is 4.24. The summed E-state index contributed by atoms with van der Waals surface area (Å²) in [7, 11) is 1.45. The molecule has 0 radical (unpaired) electrons. The lowest BCUT2D eigenvalue weighted by molar-refractivity contribution is -0.384. The fourth-order valence-corrected chi connectivity index (χ4v) is 2.78. The Hall–Kier alpha value is -3.29. The molecule has 0 atom stereocenters. The van der Waals surface area contributed by atoms with Crippen LogP contribution < -0.4 is 15.0 Å². The summed E-state index contributed by atoms with van der Waals surface area (Å²) in [5.41, 5.74) is 1.42. The van der Waals surface area contributed by atoms with Crippen molar-refractivity contribution in [2.75, 3.05) is 25.1 Å². The molecule has 0 fully saturated rings. The molecule has 0 aliphatic rings. The summed E-state index contributed by atoms with van der Waals surface area (Å²) in [5, 5.41) is 23.7. The smallest absolute Gasteiger partial charge is 0.270 e. The number of nitro groups is 1. The summed E-state index contributed by atoms with van der Waals surface area (Å²) in [4.78, 5) is 25.2. The van der Waals surface area contributed by atoms with Gasteiger partial charge in [-0.2, -0.15) is 0 Å². The van der Waals surface area contributed by atoms with Gasteiger partial charge >= 0.3 is 0 Å². The summed E-state index contributed by atoms with van der Waals surface area (Å²) in [6.45, 7) is 5.40. The molecule has 2 aromatic carbocycles. The lowest BCUT2D eigenvalue weighted by Gasteiger charge is -2.23. The van der Waals surface area contributed by atoms with E-state index in [1.165, 1.54) is 25.3 Å². The molecule has 0 heterocycles. The van der Waals surface area contributed by atoms with Crippen molar-refractivity contribution in [2.45, 2.75) is 20.4 Å². The minimum atomic E-state index is -0.524. The van der Waals surface area contributed by atoms with Crippen molar-refractivity contribution in [3.8, 4) is 11.5 Å². The molecule has 0 saturated heterocycles. The number of nitrogens with one attached hydrogen (secondary N) is 1. The first-order chi connectivity index (χ1) is 12.9. The lowest BCUT2D eigenvalue weighted by atomic mass is 10.1. The minimum Gasteiger partial charge on any atom is -0.504 e. The van der Waals surface area contributed by atoms with Crippen LogP contribution in [0.5, 0.6) is 11.5 Å². The number of phenolic OH excluding ortho intramolecular Hbond substituents is 1. The highest BCUT2D eigenvalue weighted by molar-refractivity contribution is 6.00. The van der Waals surface area contributed by atoms with E-state index in [0.717, 1.165) is 0 Å². The predicted octanol–water partition coefficient (Wildman–Crippen LogP) is 3.09. The van der Waals surface area contributed by atoms with Gasteiger partial charge in [-0.15, -0.1) is 0 Å². The number of methoxy groups -OCH3 is 1. The average molecular weight is 373 g/mol. The van der Waals surface area contributed by atoms with Crippen molar-refractivity contribution in [1.29, 1.82) is 0 Å². The molecule has 2 aromatic rings. The van der Waals surface area contributed by atoms with E-state index < -0.39 is 10.8 Å². The lowest BCUT2D eigenvalue weighted by Crippen LogP contribution is -2.28. The predicted molar refractivity (Wildman–Crippen MR) is 102 cm³/mol. The van der Waals surface area contributed by atoms with Gasteiger partial charge in [-0.05, 0) is 37.6 Å². The number of anilines is 1. The normalized spacial score (nSPS) is 10.3. The average Bonchev–Trinajstić information content (AvgIpc) is 2.67. The Kier molecular flexibility index (Phi) is 6.59. The van der Waals surface area contributed by atoms with E-state index in [1.54, 1.807) is 18.2 Å². The maximum Gasteiger partial charge on any atom is 0.270 e. The molecule has 1 amide bonds. The van der Waals surface area contributed by atoms with Gasteiger partial charge in [-0.25, -0.2) is 0 Å². The molecule has 27 heavy (non-hydrogen) atoms. The van der Waals surface area contributed by atoms with Gasteiger partial charge < -0.3 is 20.1 Å².